The Morgan fingerprint density at radius 2 is 1.89 bits per heavy atom. The molecule has 110 valence electrons. The van der Waals surface area contributed by atoms with Crippen LogP contribution in [0.1, 0.15) is 53.4 Å². The molecule has 2 saturated carbocycles. The number of carbonyl (C=O) groups excluding carboxylic acids is 1. The molecule has 3 nitrogen and oxygen atoms in total. The normalized spacial score (nSPS) is 37.6. The molecule has 2 aliphatic carbocycles. The molecular weight excluding hydrogens is 240 g/mol. The molecule has 0 spiro atoms. The van der Waals surface area contributed by atoms with Gasteiger partial charge in [-0.25, -0.2) is 0 Å². The zero-order valence-electron chi connectivity index (χ0n) is 12.7. The Balaban J connectivity index is 1.83. The van der Waals surface area contributed by atoms with Crippen LogP contribution in [-0.4, -0.2) is 18.9 Å². The molecule has 0 heterocycles. The molecule has 0 radical (unpaired) electrons. The molecule has 2 fully saturated rings. The summed E-state index contributed by atoms with van der Waals surface area (Å²) in [6, 6.07) is 0. The van der Waals surface area contributed by atoms with Crippen molar-refractivity contribution in [1.82, 2.24) is 0 Å². The van der Waals surface area contributed by atoms with Crippen LogP contribution in [0.25, 0.3) is 0 Å². The predicted molar refractivity (Wildman–Crippen MR) is 74.4 cm³/mol. The number of carbonyl (C=O) groups is 1. The summed E-state index contributed by atoms with van der Waals surface area (Å²) in [6.45, 7) is 8.63. The van der Waals surface area contributed by atoms with Crippen LogP contribution in [-0.2, 0) is 14.3 Å². The molecule has 5 atom stereocenters. The number of hydrogen-bond donors (Lipinski definition) is 0. The summed E-state index contributed by atoms with van der Waals surface area (Å²) in [5.41, 5.74) is 0. The molecule has 19 heavy (non-hydrogen) atoms. The highest BCUT2D eigenvalue weighted by atomic mass is 16.7. The second-order valence-electron chi connectivity index (χ2n) is 6.67. The third kappa shape index (κ3) is 3.31. The number of rotatable bonds is 5. The molecule has 0 aromatic heterocycles. The highest BCUT2D eigenvalue weighted by Crippen LogP contribution is 2.53. The molecule has 0 aromatic rings. The summed E-state index contributed by atoms with van der Waals surface area (Å²) in [7, 11) is 0. The van der Waals surface area contributed by atoms with Crippen molar-refractivity contribution < 1.29 is 14.3 Å². The van der Waals surface area contributed by atoms with Gasteiger partial charge in [-0.1, -0.05) is 20.3 Å². The average molecular weight is 268 g/mol. The van der Waals surface area contributed by atoms with E-state index in [1.54, 1.807) is 0 Å². The van der Waals surface area contributed by atoms with E-state index in [9.17, 15) is 4.79 Å². The third-order valence-electron chi connectivity index (χ3n) is 5.13. The summed E-state index contributed by atoms with van der Waals surface area (Å²) in [6.07, 6.45) is 4.78. The summed E-state index contributed by atoms with van der Waals surface area (Å²) in [5.74, 6) is 3.17. The van der Waals surface area contributed by atoms with Gasteiger partial charge in [0.1, 0.15) is 0 Å². The summed E-state index contributed by atoms with van der Waals surface area (Å²) >= 11 is 0. The van der Waals surface area contributed by atoms with Crippen LogP contribution in [0.15, 0.2) is 0 Å². The fourth-order valence-corrected chi connectivity index (χ4v) is 4.13. The van der Waals surface area contributed by atoms with Crippen LogP contribution in [0.5, 0.6) is 0 Å². The minimum Gasteiger partial charge on any atom is -0.438 e. The van der Waals surface area contributed by atoms with E-state index in [4.69, 9.17) is 9.47 Å². The van der Waals surface area contributed by atoms with Gasteiger partial charge in [0.2, 0.25) is 0 Å². The van der Waals surface area contributed by atoms with Crippen LogP contribution in [0.4, 0.5) is 0 Å². The molecule has 2 aliphatic rings. The minimum atomic E-state index is -0.0443. The molecule has 3 heteroatoms. The van der Waals surface area contributed by atoms with E-state index in [1.807, 2.05) is 13.8 Å². The first-order valence-corrected chi connectivity index (χ1v) is 7.81. The fourth-order valence-electron chi connectivity index (χ4n) is 4.13. The number of hydrogen-bond acceptors (Lipinski definition) is 3. The maximum Gasteiger partial charge on any atom is 0.311 e. The van der Waals surface area contributed by atoms with Crippen LogP contribution in [0, 0.1) is 29.6 Å². The van der Waals surface area contributed by atoms with Gasteiger partial charge in [-0.3, -0.25) is 4.79 Å². The molecule has 0 amide bonds. The van der Waals surface area contributed by atoms with Crippen molar-refractivity contribution in [2.75, 3.05) is 6.79 Å². The van der Waals surface area contributed by atoms with E-state index < -0.39 is 0 Å². The van der Waals surface area contributed by atoms with E-state index in [-0.39, 0.29) is 24.8 Å². The summed E-state index contributed by atoms with van der Waals surface area (Å²) < 4.78 is 10.5. The molecule has 0 aliphatic heterocycles. The van der Waals surface area contributed by atoms with E-state index in [1.165, 1.54) is 12.8 Å². The van der Waals surface area contributed by atoms with Crippen molar-refractivity contribution in [3.05, 3.63) is 0 Å². The first-order valence-electron chi connectivity index (χ1n) is 7.81. The topological polar surface area (TPSA) is 35.5 Å². The second kappa shape index (κ2) is 6.25. The standard InChI is InChI=1S/C16H28O3/c1-5-12-6-11(4)14-7-13(8-15(12)14)16(17)19-9-18-10(2)3/h10-15H,5-9H2,1-4H3. The zero-order valence-corrected chi connectivity index (χ0v) is 12.7. The zero-order chi connectivity index (χ0) is 14.0. The number of fused-ring (bicyclic) bond motifs is 1. The summed E-state index contributed by atoms with van der Waals surface area (Å²) in [5, 5.41) is 0. The maximum absolute atomic E-state index is 12.1. The molecule has 2 rings (SSSR count). The smallest absolute Gasteiger partial charge is 0.311 e. The quantitative estimate of drug-likeness (QED) is 0.564. The second-order valence-corrected chi connectivity index (χ2v) is 6.67. The highest BCUT2D eigenvalue weighted by Gasteiger charge is 2.48. The van der Waals surface area contributed by atoms with Gasteiger partial charge in [-0.05, 0) is 56.8 Å². The lowest BCUT2D eigenvalue weighted by molar-refractivity contribution is -0.164. The number of ether oxygens (including phenoxy) is 2. The Labute approximate surface area is 117 Å². The van der Waals surface area contributed by atoms with Gasteiger partial charge in [-0.2, -0.15) is 0 Å². The molecular formula is C16H28O3. The first kappa shape index (κ1) is 14.8. The fraction of sp³-hybridized carbons (Fsp3) is 0.938. The summed E-state index contributed by atoms with van der Waals surface area (Å²) in [4.78, 5) is 12.1. The number of esters is 1. The van der Waals surface area contributed by atoms with Gasteiger partial charge in [-0.15, -0.1) is 0 Å². The highest BCUT2D eigenvalue weighted by molar-refractivity contribution is 5.72. The van der Waals surface area contributed by atoms with Crippen molar-refractivity contribution in [2.24, 2.45) is 29.6 Å². The Morgan fingerprint density at radius 1 is 1.21 bits per heavy atom. The average Bonchev–Trinajstić information content (AvgIpc) is 2.90. The van der Waals surface area contributed by atoms with Crippen LogP contribution in [0.3, 0.4) is 0 Å². The van der Waals surface area contributed by atoms with E-state index >= 15 is 0 Å². The monoisotopic (exact) mass is 268 g/mol. The Kier molecular flexibility index (Phi) is 4.88. The molecule has 0 saturated heterocycles. The molecule has 0 aromatic carbocycles. The van der Waals surface area contributed by atoms with E-state index in [0.29, 0.717) is 0 Å². The maximum atomic E-state index is 12.1. The Bertz CT molecular complexity index is 313. The van der Waals surface area contributed by atoms with Crippen LogP contribution < -0.4 is 0 Å². The van der Waals surface area contributed by atoms with Gasteiger partial charge in [0.25, 0.3) is 0 Å². The molecule has 5 unspecified atom stereocenters. The third-order valence-corrected chi connectivity index (χ3v) is 5.13. The lowest BCUT2D eigenvalue weighted by Crippen LogP contribution is -2.20. The van der Waals surface area contributed by atoms with E-state index in [2.05, 4.69) is 13.8 Å². The Hall–Kier alpha value is -0.570. The van der Waals surface area contributed by atoms with Crippen LogP contribution >= 0.6 is 0 Å². The molecule has 0 bridgehead atoms. The Morgan fingerprint density at radius 3 is 2.53 bits per heavy atom. The van der Waals surface area contributed by atoms with Crippen molar-refractivity contribution in [1.29, 1.82) is 0 Å². The van der Waals surface area contributed by atoms with Crippen molar-refractivity contribution in [3.8, 4) is 0 Å². The van der Waals surface area contributed by atoms with Gasteiger partial charge in [0.15, 0.2) is 6.79 Å². The van der Waals surface area contributed by atoms with Crippen LogP contribution in [0.2, 0.25) is 0 Å². The van der Waals surface area contributed by atoms with Crippen molar-refractivity contribution in [3.63, 3.8) is 0 Å². The predicted octanol–water partition coefficient (Wildman–Crippen LogP) is 3.62. The SMILES string of the molecule is CCC1CC(C)C2CC(C(=O)OCOC(C)C)CC12. The van der Waals surface area contributed by atoms with Gasteiger partial charge >= 0.3 is 5.97 Å². The van der Waals surface area contributed by atoms with Gasteiger partial charge < -0.3 is 9.47 Å². The minimum absolute atomic E-state index is 0.0443. The lowest BCUT2D eigenvalue weighted by atomic mass is 9.89. The van der Waals surface area contributed by atoms with E-state index in [0.717, 1.165) is 36.5 Å². The lowest BCUT2D eigenvalue weighted by Gasteiger charge is -2.17. The largest absolute Gasteiger partial charge is 0.438 e. The van der Waals surface area contributed by atoms with Gasteiger partial charge in [0.05, 0.1) is 12.0 Å². The van der Waals surface area contributed by atoms with Gasteiger partial charge in [0, 0.05) is 0 Å². The molecule has 0 N–H and O–H groups in total. The van der Waals surface area contributed by atoms with Crippen molar-refractivity contribution >= 4 is 5.97 Å². The first-order chi connectivity index (χ1) is 9.02. The van der Waals surface area contributed by atoms with Crippen molar-refractivity contribution in [2.45, 2.75) is 59.5 Å².